The number of hydrogen-bond donors (Lipinski definition) is 4. The second kappa shape index (κ2) is 96.0. The highest BCUT2D eigenvalue weighted by molar-refractivity contribution is 7.47. The summed E-state index contributed by atoms with van der Waals surface area (Å²) in [7, 11) is -9.82. The predicted octanol–water partition coefficient (Wildman–Crippen LogP) is 31.0. The minimum Gasteiger partial charge on any atom is -0.463 e. The molecule has 0 amide bonds. The maximum absolute atomic E-state index is 13.1. The molecule has 4 N–H and O–H groups in total. The van der Waals surface area contributed by atoms with E-state index in [2.05, 4.69) is 191 Å². The normalized spacial score (nSPS) is 14.4. The second-order valence-electron chi connectivity index (χ2n) is 32.8. The zero-order valence-electron chi connectivity index (χ0n) is 78.1. The van der Waals surface area contributed by atoms with E-state index in [1.165, 1.54) is 180 Å². The summed E-state index contributed by atoms with van der Waals surface area (Å²) in [6, 6.07) is 0. The highest BCUT2D eigenvalue weighted by Crippen LogP contribution is 2.45. The summed E-state index contributed by atoms with van der Waals surface area (Å²) in [4.78, 5) is 59.1. The number of carbonyl (C=O) groups excluding carboxylic acids is 3. The standard InChI is InChI=1S/C105H180O16P2/c1-4-7-10-13-16-19-22-25-28-31-34-36-38-40-42-44-46-48-49-51-53-54-56-58-60-62-65-67-70-73-76-79-82-85-88-91-103(108)115-94-100(106)95-117-122(111,112)118-96-101(107)97-119-123(113,114)120-99-102(121-105(110)93-90-87-84-81-78-75-72-69-64-33-30-27-24-21-18-15-12-9-6-3)98-116-104(109)92-89-86-83-80-77-74-71-68-66-63-61-59-57-55-52-50-47-45-43-41-39-37-35-32-29-26-23-20-17-14-11-8-5-2/h7-8,10-11,16-21,25-30,34-37,40-43,47,50,64,69,100-102,106-107H,4-6,9,12-15,22-24,31-33,38-39,44-46,48-49,51-63,65-68,70-99H2,1-3H3,(H,111,112)(H,113,114)/b10-7-,11-8-,19-16-,20-17-,21-18-,28-25-,29-26-,30-27-,36-34-,37-35-,42-40-,43-41-,50-47-,69-64-. The summed E-state index contributed by atoms with van der Waals surface area (Å²) >= 11 is 0. The molecule has 0 spiro atoms. The number of carbonyl (C=O) groups is 3. The lowest BCUT2D eigenvalue weighted by Gasteiger charge is -2.21. The number of aliphatic hydroxyl groups is 2. The van der Waals surface area contributed by atoms with E-state index in [-0.39, 0.29) is 19.3 Å². The molecule has 0 fully saturated rings. The van der Waals surface area contributed by atoms with Crippen molar-refractivity contribution < 1.29 is 75.8 Å². The average Bonchev–Trinajstić information content (AvgIpc) is 0.898. The highest BCUT2D eigenvalue weighted by atomic mass is 31.2. The molecule has 0 bridgehead atoms. The first-order chi connectivity index (χ1) is 60.2. The number of aliphatic hydroxyl groups excluding tert-OH is 2. The summed E-state index contributed by atoms with van der Waals surface area (Å²) in [5, 5.41) is 20.8. The number of esters is 3. The third kappa shape index (κ3) is 97.4. The van der Waals surface area contributed by atoms with Gasteiger partial charge in [0.05, 0.1) is 26.4 Å². The fraction of sp³-hybridized carbons (Fsp3) is 0.705. The van der Waals surface area contributed by atoms with E-state index in [4.69, 9.17) is 32.3 Å². The van der Waals surface area contributed by atoms with Crippen LogP contribution >= 0.6 is 15.6 Å². The van der Waals surface area contributed by atoms with Crippen LogP contribution in [0.3, 0.4) is 0 Å². The van der Waals surface area contributed by atoms with Gasteiger partial charge in [0.1, 0.15) is 25.4 Å². The molecule has 0 aliphatic heterocycles. The Kier molecular flexibility index (Phi) is 92.0. The van der Waals surface area contributed by atoms with Gasteiger partial charge in [0.2, 0.25) is 0 Å². The van der Waals surface area contributed by atoms with E-state index in [0.29, 0.717) is 19.3 Å². The van der Waals surface area contributed by atoms with Crippen molar-refractivity contribution >= 4 is 33.6 Å². The lowest BCUT2D eigenvalue weighted by molar-refractivity contribution is -0.161. The Hall–Kier alpha value is -5.09. The van der Waals surface area contributed by atoms with Gasteiger partial charge in [-0.3, -0.25) is 32.5 Å². The third-order valence-corrected chi connectivity index (χ3v) is 22.8. The van der Waals surface area contributed by atoms with Crippen molar-refractivity contribution in [2.24, 2.45) is 0 Å². The zero-order valence-corrected chi connectivity index (χ0v) is 79.9. The molecule has 16 nitrogen and oxygen atoms in total. The molecule has 5 unspecified atom stereocenters. The summed E-state index contributed by atoms with van der Waals surface area (Å²) in [5.74, 6) is -1.58. The van der Waals surface area contributed by atoms with Crippen LogP contribution in [0.1, 0.15) is 419 Å². The first-order valence-electron chi connectivity index (χ1n) is 49.4. The van der Waals surface area contributed by atoms with Gasteiger partial charge in [-0.25, -0.2) is 9.13 Å². The fourth-order valence-corrected chi connectivity index (χ4v) is 15.1. The largest absolute Gasteiger partial charge is 0.472 e. The molecule has 0 radical (unpaired) electrons. The topological polar surface area (TPSA) is 231 Å². The molecular formula is C105H180O16P2. The maximum atomic E-state index is 13.1. The third-order valence-electron chi connectivity index (χ3n) is 20.9. The van der Waals surface area contributed by atoms with Crippen LogP contribution in [0.2, 0.25) is 0 Å². The van der Waals surface area contributed by atoms with Crippen LogP contribution in [0.5, 0.6) is 0 Å². The van der Waals surface area contributed by atoms with E-state index in [0.717, 1.165) is 180 Å². The van der Waals surface area contributed by atoms with Gasteiger partial charge in [-0.1, -0.05) is 416 Å². The van der Waals surface area contributed by atoms with Crippen LogP contribution < -0.4 is 0 Å². The van der Waals surface area contributed by atoms with Crippen LogP contribution in [0, 0.1) is 0 Å². The van der Waals surface area contributed by atoms with E-state index >= 15 is 0 Å². The molecule has 0 aromatic heterocycles. The lowest BCUT2D eigenvalue weighted by Crippen LogP contribution is -2.30. The average molecular weight is 1760 g/mol. The molecule has 0 saturated heterocycles. The molecule has 0 heterocycles. The van der Waals surface area contributed by atoms with Crippen molar-refractivity contribution in [3.05, 3.63) is 170 Å². The van der Waals surface area contributed by atoms with Crippen molar-refractivity contribution in [2.75, 3.05) is 39.6 Å². The molecule has 0 saturated carbocycles. The van der Waals surface area contributed by atoms with E-state index in [9.17, 15) is 43.5 Å². The van der Waals surface area contributed by atoms with Gasteiger partial charge in [-0.05, 0) is 154 Å². The molecule has 0 rings (SSSR count). The van der Waals surface area contributed by atoms with Crippen molar-refractivity contribution in [3.8, 4) is 0 Å². The Morgan fingerprint density at radius 1 is 0.236 bits per heavy atom. The summed E-state index contributed by atoms with van der Waals surface area (Å²) in [6.45, 7) is 2.47. The SMILES string of the molecule is CC/C=C\C/C=C\C/C=C\C/C=C\C/C=C\C/C=C\CCCCCCCCCCCCCCCCC(=O)OCC(COP(=O)(O)OCC(O)COP(=O)(O)OCC(O)COC(=O)CCCCCCCCCCCCCCCCCCCCC/C=C\C/C=C\C/C=C\C/C=C\C/C=C\CC)OC(=O)CCCCCCCC/C=C\C/C=C\C/C=C\CCCCC. The smallest absolute Gasteiger partial charge is 0.463 e. The van der Waals surface area contributed by atoms with Gasteiger partial charge in [0.25, 0.3) is 0 Å². The molecule has 0 aromatic carbocycles. The predicted molar refractivity (Wildman–Crippen MR) is 519 cm³/mol. The van der Waals surface area contributed by atoms with Gasteiger partial charge in [0.15, 0.2) is 6.10 Å². The number of rotatable bonds is 93. The zero-order chi connectivity index (χ0) is 89.3. The molecule has 18 heteroatoms. The Bertz CT molecular complexity index is 2920. The minimum absolute atomic E-state index is 0.0878. The van der Waals surface area contributed by atoms with Gasteiger partial charge in [-0.15, -0.1) is 0 Å². The number of phosphoric ester groups is 2. The van der Waals surface area contributed by atoms with Gasteiger partial charge in [0, 0.05) is 19.3 Å². The summed E-state index contributed by atoms with van der Waals surface area (Å²) in [5.41, 5.74) is 0. The summed E-state index contributed by atoms with van der Waals surface area (Å²) in [6.07, 6.45) is 126. The number of unbranched alkanes of at least 4 members (excludes halogenated alkanes) is 42. The molecular weight excluding hydrogens is 1580 g/mol. The summed E-state index contributed by atoms with van der Waals surface area (Å²) < 4.78 is 61.6. The Morgan fingerprint density at radius 2 is 0.431 bits per heavy atom. The van der Waals surface area contributed by atoms with Gasteiger partial charge < -0.3 is 34.2 Å². The van der Waals surface area contributed by atoms with E-state index in [1.54, 1.807) is 0 Å². The monoisotopic (exact) mass is 1760 g/mol. The van der Waals surface area contributed by atoms with Crippen LogP contribution in [-0.2, 0) is 55.8 Å². The molecule has 123 heavy (non-hydrogen) atoms. The van der Waals surface area contributed by atoms with E-state index < -0.39 is 91.5 Å². The molecule has 0 aliphatic rings. The Balaban J connectivity index is 4.50. The molecule has 5 atom stereocenters. The minimum atomic E-state index is -4.95. The second-order valence-corrected chi connectivity index (χ2v) is 35.7. The van der Waals surface area contributed by atoms with Gasteiger partial charge >= 0.3 is 33.6 Å². The highest BCUT2D eigenvalue weighted by Gasteiger charge is 2.30. The first kappa shape index (κ1) is 118. The van der Waals surface area contributed by atoms with Crippen LogP contribution in [-0.4, -0.2) is 95.9 Å². The lowest BCUT2D eigenvalue weighted by atomic mass is 10.0. The number of allylic oxidation sites excluding steroid dienone is 28. The quantitative estimate of drug-likeness (QED) is 0.0146. The number of phosphoric acid groups is 2. The number of ether oxygens (including phenoxy) is 3. The maximum Gasteiger partial charge on any atom is 0.472 e. The first-order valence-corrected chi connectivity index (χ1v) is 52.4. The fourth-order valence-electron chi connectivity index (χ4n) is 13.5. The number of hydrogen-bond acceptors (Lipinski definition) is 14. The van der Waals surface area contributed by atoms with Crippen molar-refractivity contribution in [1.82, 2.24) is 0 Å². The van der Waals surface area contributed by atoms with Crippen molar-refractivity contribution in [2.45, 2.75) is 437 Å². The van der Waals surface area contributed by atoms with Crippen molar-refractivity contribution in [3.63, 3.8) is 0 Å². The van der Waals surface area contributed by atoms with Crippen molar-refractivity contribution in [1.29, 1.82) is 0 Å². The molecule has 0 aliphatic carbocycles. The molecule has 0 aromatic rings. The van der Waals surface area contributed by atoms with Crippen LogP contribution in [0.4, 0.5) is 0 Å². The molecule has 706 valence electrons. The van der Waals surface area contributed by atoms with Crippen LogP contribution in [0.15, 0.2) is 170 Å². The van der Waals surface area contributed by atoms with E-state index in [1.807, 2.05) is 0 Å². The van der Waals surface area contributed by atoms with Crippen LogP contribution in [0.25, 0.3) is 0 Å². The van der Waals surface area contributed by atoms with Gasteiger partial charge in [-0.2, -0.15) is 0 Å². The Labute approximate surface area is 752 Å². The Morgan fingerprint density at radius 3 is 0.683 bits per heavy atom.